The maximum Gasteiger partial charge on any atom is 0.305 e. The van der Waals surface area contributed by atoms with Crippen LogP contribution in [0.2, 0.25) is 0 Å². The monoisotopic (exact) mass is 1280 g/mol. The highest BCUT2D eigenvalue weighted by molar-refractivity contribution is 5.76. The van der Waals surface area contributed by atoms with Gasteiger partial charge in [0.05, 0.1) is 25.4 Å². The summed E-state index contributed by atoms with van der Waals surface area (Å²) in [6.45, 7) is 4.99. The number of allylic oxidation sites excluding steroid dienone is 6. The Balaban J connectivity index is 3.36. The molecule has 1 amide bonds. The van der Waals surface area contributed by atoms with Crippen LogP contribution in [0.25, 0.3) is 0 Å². The van der Waals surface area contributed by atoms with Crippen molar-refractivity contribution in [3.05, 3.63) is 36.5 Å². The van der Waals surface area contributed by atoms with Crippen molar-refractivity contribution in [1.29, 1.82) is 0 Å². The molecule has 0 fully saturated rings. The van der Waals surface area contributed by atoms with Crippen LogP contribution < -0.4 is 5.32 Å². The predicted octanol–water partition coefficient (Wildman–Crippen LogP) is 27.8. The summed E-state index contributed by atoms with van der Waals surface area (Å²) in [6.07, 6.45) is 105. The fourth-order valence-electron chi connectivity index (χ4n) is 13.3. The minimum Gasteiger partial charge on any atom is -0.466 e. The molecule has 91 heavy (non-hydrogen) atoms. The van der Waals surface area contributed by atoms with Gasteiger partial charge in [0.1, 0.15) is 0 Å². The SMILES string of the molecule is CCCCCCC/C=C\CCCCCCCC(=O)OCCCCCCCCCCCCCCC/C=C\C/C=C\CCCCCCCCCCCCCCCCCCCC(=O)NC(CO)C(O)CCCCCCCCCCCCCCCCCCCCCCCCC. The summed E-state index contributed by atoms with van der Waals surface area (Å²) in [5, 5.41) is 23.5. The molecule has 0 bridgehead atoms. The molecule has 0 saturated carbocycles. The number of esters is 1. The van der Waals surface area contributed by atoms with E-state index in [0.717, 1.165) is 51.4 Å². The van der Waals surface area contributed by atoms with Gasteiger partial charge in [0.25, 0.3) is 0 Å². The minimum atomic E-state index is -0.664. The number of aliphatic hydroxyl groups is 2. The maximum atomic E-state index is 12.6. The van der Waals surface area contributed by atoms with E-state index in [1.54, 1.807) is 0 Å². The van der Waals surface area contributed by atoms with E-state index >= 15 is 0 Å². The maximum absolute atomic E-state index is 12.6. The molecule has 2 atom stereocenters. The molecule has 0 aliphatic rings. The minimum absolute atomic E-state index is 0.0110. The zero-order chi connectivity index (χ0) is 65.6. The van der Waals surface area contributed by atoms with Crippen molar-refractivity contribution < 1.29 is 24.5 Å². The Hall–Kier alpha value is -1.92. The molecule has 0 heterocycles. The van der Waals surface area contributed by atoms with Gasteiger partial charge in [-0.3, -0.25) is 9.59 Å². The van der Waals surface area contributed by atoms with Crippen LogP contribution in [-0.2, 0) is 14.3 Å². The average molecular weight is 1280 g/mol. The summed E-state index contributed by atoms with van der Waals surface area (Å²) >= 11 is 0. The zero-order valence-corrected chi connectivity index (χ0v) is 61.9. The van der Waals surface area contributed by atoms with Gasteiger partial charge in [0.15, 0.2) is 0 Å². The molecule has 0 radical (unpaired) electrons. The van der Waals surface area contributed by atoms with Crippen LogP contribution in [0.15, 0.2) is 36.5 Å². The molecule has 0 aromatic rings. The van der Waals surface area contributed by atoms with E-state index < -0.39 is 12.1 Å². The number of hydrogen-bond acceptors (Lipinski definition) is 5. The van der Waals surface area contributed by atoms with Crippen molar-refractivity contribution in [3.63, 3.8) is 0 Å². The number of carbonyl (C=O) groups is 2. The number of carbonyl (C=O) groups excluding carboxylic acids is 2. The zero-order valence-electron chi connectivity index (χ0n) is 61.9. The molecular formula is C85H163NO5. The van der Waals surface area contributed by atoms with Gasteiger partial charge >= 0.3 is 5.97 Å². The summed E-state index contributed by atoms with van der Waals surface area (Å²) in [5.41, 5.74) is 0. The fourth-order valence-corrected chi connectivity index (χ4v) is 13.3. The molecule has 0 saturated heterocycles. The second-order valence-electron chi connectivity index (χ2n) is 28.8. The first-order chi connectivity index (χ1) is 45.0. The second-order valence-corrected chi connectivity index (χ2v) is 28.8. The quantitative estimate of drug-likeness (QED) is 0.0320. The van der Waals surface area contributed by atoms with Gasteiger partial charge in [-0.05, 0) is 83.5 Å². The molecular weight excluding hydrogens is 1110 g/mol. The van der Waals surface area contributed by atoms with E-state index in [2.05, 4.69) is 55.6 Å². The van der Waals surface area contributed by atoms with Crippen molar-refractivity contribution in [2.75, 3.05) is 13.2 Å². The van der Waals surface area contributed by atoms with Gasteiger partial charge in [0, 0.05) is 12.8 Å². The van der Waals surface area contributed by atoms with Crippen LogP contribution in [0.3, 0.4) is 0 Å². The average Bonchev–Trinajstić information content (AvgIpc) is 3.66. The highest BCUT2D eigenvalue weighted by Crippen LogP contribution is 2.20. The third-order valence-electron chi connectivity index (χ3n) is 19.7. The van der Waals surface area contributed by atoms with Crippen molar-refractivity contribution in [1.82, 2.24) is 5.32 Å². The summed E-state index contributed by atoms with van der Waals surface area (Å²) in [5.74, 6) is -0.0157. The summed E-state index contributed by atoms with van der Waals surface area (Å²) in [4.78, 5) is 24.6. The molecule has 0 aliphatic heterocycles. The topological polar surface area (TPSA) is 95.9 Å². The number of rotatable bonds is 79. The van der Waals surface area contributed by atoms with E-state index in [9.17, 15) is 19.8 Å². The Kier molecular flexibility index (Phi) is 78.8. The lowest BCUT2D eigenvalue weighted by Crippen LogP contribution is -2.45. The molecule has 0 spiro atoms. The van der Waals surface area contributed by atoms with Crippen LogP contribution in [0.5, 0.6) is 0 Å². The fraction of sp³-hybridized carbons (Fsp3) is 0.906. The Labute approximate surface area is 570 Å². The molecule has 6 nitrogen and oxygen atoms in total. The van der Waals surface area contributed by atoms with Crippen molar-refractivity contribution >= 4 is 11.9 Å². The standard InChI is InChI=1S/C85H163NO5/c1-3-5-7-9-11-13-15-17-19-20-21-22-38-41-44-47-50-53-57-61-65-69-73-77-83(88)82(81-87)86-84(89)78-74-70-66-62-58-54-51-48-45-42-39-36-34-32-30-28-26-24-23-25-27-29-31-33-35-37-40-43-46-49-52-56-60-64-68-72-76-80-91-85(90)79-75-71-67-63-59-55-18-16-14-12-10-8-6-4-2/h16,18,23,25,29,31,82-83,87-88H,3-15,17,19-22,24,26-28,30,32-81H2,1-2H3,(H,86,89)/b18-16-,25-23-,31-29-. The smallest absolute Gasteiger partial charge is 0.305 e. The van der Waals surface area contributed by atoms with E-state index in [-0.39, 0.29) is 18.5 Å². The van der Waals surface area contributed by atoms with Gasteiger partial charge in [-0.25, -0.2) is 0 Å². The summed E-state index contributed by atoms with van der Waals surface area (Å²) in [6, 6.07) is -0.541. The number of unbranched alkanes of at least 4 members (excludes halogenated alkanes) is 62. The molecule has 0 aliphatic carbocycles. The number of hydrogen-bond donors (Lipinski definition) is 3. The Morgan fingerprint density at radius 1 is 0.308 bits per heavy atom. The number of ether oxygens (including phenoxy) is 1. The third kappa shape index (κ3) is 77.0. The van der Waals surface area contributed by atoms with Crippen LogP contribution in [0, 0.1) is 0 Å². The molecule has 6 heteroatoms. The van der Waals surface area contributed by atoms with E-state index in [1.165, 1.54) is 385 Å². The molecule has 0 rings (SSSR count). The lowest BCUT2D eigenvalue weighted by molar-refractivity contribution is -0.143. The first kappa shape index (κ1) is 89.1. The van der Waals surface area contributed by atoms with E-state index in [4.69, 9.17) is 4.74 Å². The van der Waals surface area contributed by atoms with Gasteiger partial charge in [-0.2, -0.15) is 0 Å². The van der Waals surface area contributed by atoms with Crippen molar-refractivity contribution in [2.24, 2.45) is 0 Å². The van der Waals surface area contributed by atoms with Crippen LogP contribution >= 0.6 is 0 Å². The number of nitrogens with one attached hydrogen (secondary N) is 1. The van der Waals surface area contributed by atoms with Gasteiger partial charge in [-0.1, -0.05) is 410 Å². The molecule has 0 aromatic heterocycles. The van der Waals surface area contributed by atoms with Gasteiger partial charge in [-0.15, -0.1) is 0 Å². The van der Waals surface area contributed by atoms with Crippen LogP contribution in [0.1, 0.15) is 470 Å². The molecule has 3 N–H and O–H groups in total. The largest absolute Gasteiger partial charge is 0.466 e. The number of amides is 1. The highest BCUT2D eigenvalue weighted by atomic mass is 16.5. The normalized spacial score (nSPS) is 12.6. The second kappa shape index (κ2) is 80.5. The molecule has 0 aromatic carbocycles. The first-order valence-corrected chi connectivity index (χ1v) is 41.7. The third-order valence-corrected chi connectivity index (χ3v) is 19.7. The van der Waals surface area contributed by atoms with E-state index in [0.29, 0.717) is 25.9 Å². The lowest BCUT2D eigenvalue weighted by Gasteiger charge is -2.22. The van der Waals surface area contributed by atoms with Crippen molar-refractivity contribution in [2.45, 2.75) is 482 Å². The summed E-state index contributed by atoms with van der Waals surface area (Å²) in [7, 11) is 0. The predicted molar refractivity (Wildman–Crippen MR) is 403 cm³/mol. The lowest BCUT2D eigenvalue weighted by atomic mass is 10.0. The summed E-state index contributed by atoms with van der Waals surface area (Å²) < 4.78 is 5.49. The van der Waals surface area contributed by atoms with Crippen molar-refractivity contribution in [3.8, 4) is 0 Å². The van der Waals surface area contributed by atoms with Gasteiger partial charge < -0.3 is 20.3 Å². The van der Waals surface area contributed by atoms with Crippen LogP contribution in [0.4, 0.5) is 0 Å². The Morgan fingerprint density at radius 3 is 0.846 bits per heavy atom. The Bertz CT molecular complexity index is 1470. The van der Waals surface area contributed by atoms with E-state index in [1.807, 2.05) is 0 Å². The number of aliphatic hydroxyl groups excluding tert-OH is 2. The van der Waals surface area contributed by atoms with Crippen LogP contribution in [-0.4, -0.2) is 47.4 Å². The molecule has 2 unspecified atom stereocenters. The molecule has 538 valence electrons. The first-order valence-electron chi connectivity index (χ1n) is 41.7. The Morgan fingerprint density at radius 2 is 0.549 bits per heavy atom. The highest BCUT2D eigenvalue weighted by Gasteiger charge is 2.20. The van der Waals surface area contributed by atoms with Gasteiger partial charge in [0.2, 0.25) is 5.91 Å².